The minimum atomic E-state index is -0.438. The summed E-state index contributed by atoms with van der Waals surface area (Å²) in [6.07, 6.45) is 0. The number of esters is 1. The van der Waals surface area contributed by atoms with Gasteiger partial charge < -0.3 is 14.4 Å². The van der Waals surface area contributed by atoms with Gasteiger partial charge in [-0.1, -0.05) is 18.2 Å². The molecule has 0 bridgehead atoms. The molecule has 0 atom stereocenters. The van der Waals surface area contributed by atoms with Gasteiger partial charge in [-0.2, -0.15) is 0 Å². The van der Waals surface area contributed by atoms with Gasteiger partial charge in [0, 0.05) is 6.54 Å². The maximum absolute atomic E-state index is 12.0. The van der Waals surface area contributed by atoms with Gasteiger partial charge in [0.05, 0.1) is 7.11 Å². The van der Waals surface area contributed by atoms with Crippen molar-refractivity contribution in [1.82, 2.24) is 4.90 Å². The normalized spacial score (nSPS) is 10.0. The molecule has 0 spiro atoms. The Bertz CT molecular complexity index is 465. The monoisotopic (exact) mass is 279 g/mol. The van der Waals surface area contributed by atoms with Gasteiger partial charge in [-0.15, -0.1) is 0 Å². The maximum Gasteiger partial charge on any atom is 0.325 e. The molecule has 20 heavy (non-hydrogen) atoms. The average molecular weight is 279 g/mol. The molecule has 0 aromatic heterocycles. The number of likely N-dealkylation sites (N-methyl/N-ethyl adjacent to an activating group) is 1. The fraction of sp³-hybridized carbons (Fsp3) is 0.467. The lowest BCUT2D eigenvalue weighted by atomic mass is 10.1. The molecule has 0 aliphatic rings. The molecule has 0 saturated heterocycles. The summed E-state index contributed by atoms with van der Waals surface area (Å²) in [4.78, 5) is 24.6. The Hall–Kier alpha value is -2.04. The van der Waals surface area contributed by atoms with E-state index in [1.54, 1.807) is 6.92 Å². The van der Waals surface area contributed by atoms with Crippen LogP contribution in [0.2, 0.25) is 0 Å². The number of carbonyl (C=O) groups excluding carboxylic acids is 2. The van der Waals surface area contributed by atoms with Crippen LogP contribution in [0.4, 0.5) is 0 Å². The lowest BCUT2D eigenvalue weighted by Gasteiger charge is -2.20. The maximum atomic E-state index is 12.0. The summed E-state index contributed by atoms with van der Waals surface area (Å²) in [5.41, 5.74) is 1.96. The van der Waals surface area contributed by atoms with E-state index < -0.39 is 5.97 Å². The van der Waals surface area contributed by atoms with Crippen LogP contribution in [0.15, 0.2) is 18.2 Å². The number of ether oxygens (including phenoxy) is 2. The molecular weight excluding hydrogens is 258 g/mol. The van der Waals surface area contributed by atoms with Crippen LogP contribution in [-0.2, 0) is 14.3 Å². The van der Waals surface area contributed by atoms with Crippen LogP contribution in [0.3, 0.4) is 0 Å². The van der Waals surface area contributed by atoms with E-state index in [-0.39, 0.29) is 19.1 Å². The highest BCUT2D eigenvalue weighted by Crippen LogP contribution is 2.22. The molecule has 5 heteroatoms. The number of aryl methyl sites for hydroxylation is 2. The number of para-hydroxylation sites is 1. The van der Waals surface area contributed by atoms with E-state index in [0.717, 1.165) is 16.9 Å². The quantitative estimate of drug-likeness (QED) is 0.744. The zero-order valence-electron chi connectivity index (χ0n) is 12.4. The van der Waals surface area contributed by atoms with Gasteiger partial charge >= 0.3 is 5.97 Å². The molecule has 0 radical (unpaired) electrons. The van der Waals surface area contributed by atoms with Crippen molar-refractivity contribution in [2.75, 3.05) is 26.8 Å². The van der Waals surface area contributed by atoms with E-state index in [1.165, 1.54) is 12.0 Å². The summed E-state index contributed by atoms with van der Waals surface area (Å²) in [5, 5.41) is 0. The largest absolute Gasteiger partial charge is 0.483 e. The van der Waals surface area contributed by atoms with Crippen molar-refractivity contribution >= 4 is 11.9 Å². The molecule has 1 amide bonds. The Kier molecular flexibility index (Phi) is 6.03. The van der Waals surface area contributed by atoms with Crippen molar-refractivity contribution < 1.29 is 19.1 Å². The molecule has 0 aliphatic carbocycles. The molecule has 0 saturated carbocycles. The first-order valence-corrected chi connectivity index (χ1v) is 6.53. The van der Waals surface area contributed by atoms with Crippen LogP contribution < -0.4 is 4.74 Å². The molecule has 1 aromatic rings. The number of carbonyl (C=O) groups is 2. The van der Waals surface area contributed by atoms with Crippen molar-refractivity contribution in [1.29, 1.82) is 0 Å². The van der Waals surface area contributed by atoms with E-state index in [4.69, 9.17) is 4.74 Å². The second-order valence-corrected chi connectivity index (χ2v) is 4.49. The smallest absolute Gasteiger partial charge is 0.325 e. The number of rotatable bonds is 6. The topological polar surface area (TPSA) is 55.8 Å². The molecule has 0 heterocycles. The predicted molar refractivity (Wildman–Crippen MR) is 75.7 cm³/mol. The van der Waals surface area contributed by atoms with E-state index >= 15 is 0 Å². The van der Waals surface area contributed by atoms with Gasteiger partial charge in [0.15, 0.2) is 6.61 Å². The first-order valence-electron chi connectivity index (χ1n) is 6.53. The number of benzene rings is 1. The Balaban J connectivity index is 2.64. The van der Waals surface area contributed by atoms with Gasteiger partial charge in [-0.25, -0.2) is 0 Å². The second kappa shape index (κ2) is 7.53. The summed E-state index contributed by atoms with van der Waals surface area (Å²) in [6.45, 7) is 5.96. The van der Waals surface area contributed by atoms with Gasteiger partial charge in [0.25, 0.3) is 5.91 Å². The molecular formula is C15H21NO4. The number of hydrogen-bond acceptors (Lipinski definition) is 4. The van der Waals surface area contributed by atoms with E-state index in [1.807, 2.05) is 32.0 Å². The third kappa shape index (κ3) is 4.26. The minimum Gasteiger partial charge on any atom is -0.483 e. The summed E-state index contributed by atoms with van der Waals surface area (Å²) < 4.78 is 10.1. The molecule has 1 rings (SSSR count). The third-order valence-corrected chi connectivity index (χ3v) is 3.03. The van der Waals surface area contributed by atoms with E-state index in [2.05, 4.69) is 4.74 Å². The number of nitrogens with zero attached hydrogens (tertiary/aromatic N) is 1. The lowest BCUT2D eigenvalue weighted by molar-refractivity contribution is -0.147. The van der Waals surface area contributed by atoms with Crippen molar-refractivity contribution in [3.63, 3.8) is 0 Å². The summed E-state index contributed by atoms with van der Waals surface area (Å²) in [6, 6.07) is 5.80. The Morgan fingerprint density at radius 1 is 1.20 bits per heavy atom. The highest BCUT2D eigenvalue weighted by molar-refractivity contribution is 5.83. The summed E-state index contributed by atoms with van der Waals surface area (Å²) in [7, 11) is 1.30. The van der Waals surface area contributed by atoms with Crippen molar-refractivity contribution in [3.8, 4) is 5.75 Å². The Labute approximate surface area is 119 Å². The zero-order chi connectivity index (χ0) is 15.1. The highest BCUT2D eigenvalue weighted by Gasteiger charge is 2.17. The summed E-state index contributed by atoms with van der Waals surface area (Å²) >= 11 is 0. The van der Waals surface area contributed by atoms with Crippen LogP contribution in [0.5, 0.6) is 5.75 Å². The average Bonchev–Trinajstić information content (AvgIpc) is 2.43. The Morgan fingerprint density at radius 2 is 1.80 bits per heavy atom. The third-order valence-electron chi connectivity index (χ3n) is 3.03. The van der Waals surface area contributed by atoms with Crippen molar-refractivity contribution in [2.24, 2.45) is 0 Å². The van der Waals surface area contributed by atoms with Gasteiger partial charge in [0.2, 0.25) is 0 Å². The van der Waals surface area contributed by atoms with Crippen LogP contribution in [-0.4, -0.2) is 43.6 Å². The van der Waals surface area contributed by atoms with Crippen LogP contribution in [0.1, 0.15) is 18.1 Å². The number of amides is 1. The molecule has 5 nitrogen and oxygen atoms in total. The second-order valence-electron chi connectivity index (χ2n) is 4.49. The summed E-state index contributed by atoms with van der Waals surface area (Å²) in [5.74, 6) is 0.0443. The van der Waals surface area contributed by atoms with Crippen molar-refractivity contribution in [3.05, 3.63) is 29.3 Å². The molecule has 0 aliphatic heterocycles. The zero-order valence-corrected chi connectivity index (χ0v) is 12.4. The molecule has 1 aromatic carbocycles. The minimum absolute atomic E-state index is 0.0536. The molecule has 0 unspecified atom stereocenters. The number of hydrogen-bond donors (Lipinski definition) is 0. The highest BCUT2D eigenvalue weighted by atomic mass is 16.5. The van der Waals surface area contributed by atoms with Gasteiger partial charge in [-0.05, 0) is 31.9 Å². The lowest BCUT2D eigenvalue weighted by Crippen LogP contribution is -2.39. The van der Waals surface area contributed by atoms with Crippen LogP contribution in [0.25, 0.3) is 0 Å². The fourth-order valence-corrected chi connectivity index (χ4v) is 1.85. The first kappa shape index (κ1) is 16.0. The van der Waals surface area contributed by atoms with Crippen LogP contribution >= 0.6 is 0 Å². The predicted octanol–water partition coefficient (Wildman–Crippen LogP) is 1.70. The van der Waals surface area contributed by atoms with Gasteiger partial charge in [-0.3, -0.25) is 9.59 Å². The molecule has 0 N–H and O–H groups in total. The van der Waals surface area contributed by atoms with Gasteiger partial charge in [0.1, 0.15) is 12.3 Å². The number of methoxy groups -OCH3 is 1. The van der Waals surface area contributed by atoms with Crippen LogP contribution in [0, 0.1) is 13.8 Å². The fourth-order valence-electron chi connectivity index (χ4n) is 1.85. The van der Waals surface area contributed by atoms with E-state index in [0.29, 0.717) is 6.54 Å². The Morgan fingerprint density at radius 3 is 2.30 bits per heavy atom. The SMILES string of the molecule is CCN(CC(=O)OC)C(=O)COc1c(C)cccc1C. The standard InChI is InChI=1S/C15H21NO4/c1-5-16(9-14(18)19-4)13(17)10-20-15-11(2)7-6-8-12(15)3/h6-8H,5,9-10H2,1-4H3. The molecule has 110 valence electrons. The van der Waals surface area contributed by atoms with E-state index in [9.17, 15) is 9.59 Å². The van der Waals surface area contributed by atoms with Crippen molar-refractivity contribution in [2.45, 2.75) is 20.8 Å². The first-order chi connectivity index (χ1) is 9.49. The molecule has 0 fully saturated rings.